The van der Waals surface area contributed by atoms with Crippen molar-refractivity contribution in [3.8, 4) is 28.1 Å². The number of nitrogens with one attached hydrogen (secondary N) is 1. The molecular formula is C33H29N3O4S. The topological polar surface area (TPSA) is 84.6 Å². The molecule has 0 atom stereocenters. The van der Waals surface area contributed by atoms with Crippen LogP contribution in [0.15, 0.2) is 102 Å². The van der Waals surface area contributed by atoms with E-state index in [-0.39, 0.29) is 5.91 Å². The number of rotatable bonds is 6. The lowest BCUT2D eigenvalue weighted by Gasteiger charge is -2.21. The average Bonchev–Trinajstić information content (AvgIpc) is 3.57. The Balaban J connectivity index is 1.61. The number of amides is 1. The third-order valence-electron chi connectivity index (χ3n) is 7.45. The highest BCUT2D eigenvalue weighted by molar-refractivity contribution is 7.92. The number of benzene rings is 4. The number of aromatic nitrogens is 1. The Morgan fingerprint density at radius 1 is 0.902 bits per heavy atom. The maximum atomic E-state index is 13.2. The van der Waals surface area contributed by atoms with Crippen LogP contribution < -0.4 is 9.62 Å². The Hall–Kier alpha value is -4.82. The van der Waals surface area contributed by atoms with Crippen molar-refractivity contribution in [2.45, 2.75) is 6.92 Å². The fourth-order valence-electron chi connectivity index (χ4n) is 5.19. The Bertz CT molecular complexity index is 2040. The predicted octanol–water partition coefficient (Wildman–Crippen LogP) is 6.77. The lowest BCUT2D eigenvalue weighted by Crippen LogP contribution is -2.25. The van der Waals surface area contributed by atoms with Gasteiger partial charge in [0.15, 0.2) is 0 Å². The molecule has 1 amide bonds. The van der Waals surface area contributed by atoms with Gasteiger partial charge in [0.25, 0.3) is 5.91 Å². The quantitative estimate of drug-likeness (QED) is 0.242. The van der Waals surface area contributed by atoms with Crippen LogP contribution in [0.2, 0.25) is 0 Å². The molecule has 0 saturated heterocycles. The number of carbonyl (C=O) groups is 1. The Kier molecular flexibility index (Phi) is 6.43. The molecule has 0 aliphatic heterocycles. The van der Waals surface area contributed by atoms with Gasteiger partial charge in [-0.3, -0.25) is 9.10 Å². The van der Waals surface area contributed by atoms with E-state index in [1.807, 2.05) is 98.0 Å². The van der Waals surface area contributed by atoms with Crippen LogP contribution in [0.3, 0.4) is 0 Å². The predicted molar refractivity (Wildman–Crippen MR) is 165 cm³/mol. The van der Waals surface area contributed by atoms with E-state index in [2.05, 4.69) is 9.88 Å². The number of hydrogen-bond donors (Lipinski definition) is 1. The van der Waals surface area contributed by atoms with Crippen molar-refractivity contribution in [2.75, 3.05) is 24.7 Å². The minimum atomic E-state index is -3.60. The second kappa shape index (κ2) is 9.98. The first kappa shape index (κ1) is 26.4. The van der Waals surface area contributed by atoms with E-state index in [1.165, 1.54) is 17.6 Å². The van der Waals surface area contributed by atoms with Gasteiger partial charge in [0.2, 0.25) is 10.0 Å². The van der Waals surface area contributed by atoms with Crippen LogP contribution in [0, 0.1) is 6.92 Å². The summed E-state index contributed by atoms with van der Waals surface area (Å²) in [6, 6.07) is 29.4. The number of furan rings is 1. The number of hydrogen-bond acceptors (Lipinski definition) is 4. The lowest BCUT2D eigenvalue weighted by molar-refractivity contribution is 0.0964. The fourth-order valence-corrected chi connectivity index (χ4v) is 5.69. The average molecular weight is 564 g/mol. The van der Waals surface area contributed by atoms with E-state index in [9.17, 15) is 13.2 Å². The molecule has 2 aromatic heterocycles. The summed E-state index contributed by atoms with van der Waals surface area (Å²) in [5.41, 5.74) is 6.67. The van der Waals surface area contributed by atoms with Gasteiger partial charge in [0.05, 0.1) is 23.0 Å². The molecular weight excluding hydrogens is 534 g/mol. The molecule has 206 valence electrons. The number of para-hydroxylation sites is 1. The zero-order chi connectivity index (χ0) is 28.9. The third-order valence-corrected chi connectivity index (χ3v) is 8.64. The first-order valence-electron chi connectivity index (χ1n) is 13.2. The van der Waals surface area contributed by atoms with Crippen LogP contribution in [-0.2, 0) is 10.0 Å². The van der Waals surface area contributed by atoms with Crippen molar-refractivity contribution in [1.82, 2.24) is 9.88 Å². The highest BCUT2D eigenvalue weighted by Crippen LogP contribution is 2.42. The highest BCUT2D eigenvalue weighted by atomic mass is 32.2. The molecule has 4 aromatic carbocycles. The van der Waals surface area contributed by atoms with Gasteiger partial charge >= 0.3 is 0 Å². The summed E-state index contributed by atoms with van der Waals surface area (Å²) in [4.78, 5) is 13.2. The van der Waals surface area contributed by atoms with E-state index in [0.29, 0.717) is 33.5 Å². The Morgan fingerprint density at radius 2 is 1.61 bits per heavy atom. The van der Waals surface area contributed by atoms with Gasteiger partial charge in [-0.05, 0) is 48.9 Å². The monoisotopic (exact) mass is 563 g/mol. The number of fused-ring (bicyclic) bond motifs is 2. The lowest BCUT2D eigenvalue weighted by atomic mass is 9.97. The van der Waals surface area contributed by atoms with Crippen LogP contribution >= 0.6 is 0 Å². The maximum Gasteiger partial charge on any atom is 0.255 e. The number of nitrogens with zero attached hydrogens (tertiary/aromatic N) is 2. The molecule has 0 fully saturated rings. The van der Waals surface area contributed by atoms with Crippen LogP contribution in [0.5, 0.6) is 0 Å². The summed E-state index contributed by atoms with van der Waals surface area (Å²) in [6.45, 7) is 1.99. The van der Waals surface area contributed by atoms with Gasteiger partial charge in [-0.25, -0.2) is 8.42 Å². The molecule has 6 rings (SSSR count). The van der Waals surface area contributed by atoms with Crippen molar-refractivity contribution >= 4 is 43.5 Å². The van der Waals surface area contributed by atoms with Crippen molar-refractivity contribution in [2.24, 2.45) is 0 Å². The molecule has 1 N–H and O–H groups in total. The molecule has 0 spiro atoms. The van der Waals surface area contributed by atoms with E-state index in [1.54, 1.807) is 13.1 Å². The second-order valence-electron chi connectivity index (χ2n) is 10.1. The molecule has 8 heteroatoms. The molecule has 0 aliphatic carbocycles. The zero-order valence-electron chi connectivity index (χ0n) is 23.2. The van der Waals surface area contributed by atoms with Crippen LogP contribution in [0.25, 0.3) is 50.0 Å². The SMILES string of the molecule is CNC(=O)c1c(-c2ccc(C)cc2)oc2cc(N(C)S(C)(=O)=O)c(-c3ccc4c(ccn4-c4ccccc4)c3)cc12. The van der Waals surface area contributed by atoms with E-state index < -0.39 is 10.0 Å². The molecule has 6 aromatic rings. The molecule has 0 radical (unpaired) electrons. The van der Waals surface area contributed by atoms with Gasteiger partial charge in [-0.15, -0.1) is 0 Å². The maximum absolute atomic E-state index is 13.2. The number of anilines is 1. The smallest absolute Gasteiger partial charge is 0.255 e. The summed E-state index contributed by atoms with van der Waals surface area (Å²) in [5.74, 6) is 0.143. The van der Waals surface area contributed by atoms with E-state index >= 15 is 0 Å². The van der Waals surface area contributed by atoms with Crippen LogP contribution in [-0.4, -0.2) is 39.2 Å². The summed E-state index contributed by atoms with van der Waals surface area (Å²) in [5, 5.41) is 4.33. The standard InChI is InChI=1S/C33H29N3O4S/c1-21-10-12-22(13-11-21)32-31(33(37)34-2)27-19-26(29(20-30(27)40-32)35(3)41(4,38)39)23-14-15-28-24(18-23)16-17-36(28)25-8-6-5-7-9-25/h5-20H,1-4H3,(H,34,37). The molecule has 0 bridgehead atoms. The molecule has 0 aliphatic rings. The van der Waals surface area contributed by atoms with Crippen molar-refractivity contribution in [3.05, 3.63) is 108 Å². The summed E-state index contributed by atoms with van der Waals surface area (Å²) < 4.78 is 35.1. The minimum Gasteiger partial charge on any atom is -0.455 e. The molecule has 2 heterocycles. The summed E-state index contributed by atoms with van der Waals surface area (Å²) in [6.07, 6.45) is 3.18. The summed E-state index contributed by atoms with van der Waals surface area (Å²) in [7, 11) is -0.499. The normalized spacial score (nSPS) is 11.7. The Labute approximate surface area is 238 Å². The van der Waals surface area contributed by atoms with Crippen LogP contribution in [0.4, 0.5) is 5.69 Å². The number of aryl methyl sites for hydroxylation is 1. The minimum absolute atomic E-state index is 0.287. The zero-order valence-corrected chi connectivity index (χ0v) is 24.0. The first-order chi connectivity index (χ1) is 19.7. The van der Waals surface area contributed by atoms with Gasteiger partial charge in [0, 0.05) is 53.9 Å². The van der Waals surface area contributed by atoms with Gasteiger partial charge in [0.1, 0.15) is 11.3 Å². The van der Waals surface area contributed by atoms with Crippen LogP contribution in [0.1, 0.15) is 15.9 Å². The first-order valence-corrected chi connectivity index (χ1v) is 15.0. The Morgan fingerprint density at radius 3 is 2.29 bits per heavy atom. The molecule has 7 nitrogen and oxygen atoms in total. The van der Waals surface area contributed by atoms with E-state index in [4.69, 9.17) is 4.42 Å². The largest absolute Gasteiger partial charge is 0.455 e. The number of carbonyl (C=O) groups excluding carboxylic acids is 1. The van der Waals surface area contributed by atoms with Crippen molar-refractivity contribution in [3.63, 3.8) is 0 Å². The molecule has 0 unspecified atom stereocenters. The third kappa shape index (κ3) is 4.66. The highest BCUT2D eigenvalue weighted by Gasteiger charge is 2.26. The number of sulfonamides is 1. The van der Waals surface area contributed by atoms with Gasteiger partial charge in [-0.1, -0.05) is 54.1 Å². The second-order valence-corrected chi connectivity index (χ2v) is 12.2. The van der Waals surface area contributed by atoms with Gasteiger partial charge < -0.3 is 14.3 Å². The van der Waals surface area contributed by atoms with E-state index in [0.717, 1.165) is 33.3 Å². The van der Waals surface area contributed by atoms with Crippen molar-refractivity contribution < 1.29 is 17.6 Å². The summed E-state index contributed by atoms with van der Waals surface area (Å²) >= 11 is 0. The van der Waals surface area contributed by atoms with Gasteiger partial charge in [-0.2, -0.15) is 0 Å². The fraction of sp³-hybridized carbons (Fsp3) is 0.121. The molecule has 41 heavy (non-hydrogen) atoms. The molecule has 0 saturated carbocycles. The van der Waals surface area contributed by atoms with Crippen molar-refractivity contribution in [1.29, 1.82) is 0 Å².